The van der Waals surface area contributed by atoms with Gasteiger partial charge in [-0.25, -0.2) is 0 Å². The molecule has 0 aromatic carbocycles. The Morgan fingerprint density at radius 1 is 1.55 bits per heavy atom. The largest absolute Gasteiger partial charge is 0.380 e. The fourth-order valence-corrected chi connectivity index (χ4v) is 0.978. The second-order valence-corrected chi connectivity index (χ2v) is 3.38. The summed E-state index contributed by atoms with van der Waals surface area (Å²) in [6.45, 7) is 0. The van der Waals surface area contributed by atoms with Crippen molar-refractivity contribution in [2.45, 2.75) is 31.1 Å². The number of Topliss-reactive ketones (excluding diaryl/α,β-unsaturated/α-hetero) is 1. The Bertz CT molecular complexity index is 160. The molecule has 0 spiro atoms. The van der Waals surface area contributed by atoms with Crippen LogP contribution in [0.5, 0.6) is 0 Å². The lowest BCUT2D eigenvalue weighted by Crippen LogP contribution is -2.20. The zero-order valence-electron chi connectivity index (χ0n) is 5.95. The Hall–Kier alpha value is -0.180. The van der Waals surface area contributed by atoms with Gasteiger partial charge in [0, 0.05) is 6.42 Å². The van der Waals surface area contributed by atoms with Gasteiger partial charge in [-0.15, -0.1) is 0 Å². The third-order valence-electron chi connectivity index (χ3n) is 1.79. The van der Waals surface area contributed by atoms with Crippen molar-refractivity contribution in [2.75, 3.05) is 0 Å². The summed E-state index contributed by atoms with van der Waals surface area (Å²) in [6, 6.07) is 0. The van der Waals surface area contributed by atoms with Gasteiger partial charge in [-0.1, -0.05) is 12.8 Å². The number of carbonyl (C=O) groups excluding carboxylic acids is 1. The van der Waals surface area contributed by atoms with Crippen molar-refractivity contribution in [3.63, 3.8) is 0 Å². The van der Waals surface area contributed by atoms with Crippen LogP contribution in [0.3, 0.4) is 0 Å². The molecule has 1 nitrogen and oxygen atoms in total. The summed E-state index contributed by atoms with van der Waals surface area (Å²) in [5.74, 6) is -0.649. The Kier molecular flexibility index (Phi) is 2.47. The maximum absolute atomic E-state index is 12.0. The standard InChI is InChI=1S/C7H9ClF2O/c8-7(9,10)6(11)4-3-5-1-2-5/h5H,1-4H2. The van der Waals surface area contributed by atoms with Crippen LogP contribution in [0.25, 0.3) is 0 Å². The highest BCUT2D eigenvalue weighted by molar-refractivity contribution is 6.32. The van der Waals surface area contributed by atoms with E-state index in [0.717, 1.165) is 12.8 Å². The average Bonchev–Trinajstić information content (AvgIpc) is 2.62. The van der Waals surface area contributed by atoms with E-state index in [1.807, 2.05) is 0 Å². The molecule has 1 saturated carbocycles. The van der Waals surface area contributed by atoms with E-state index in [9.17, 15) is 13.6 Å². The average molecular weight is 183 g/mol. The third kappa shape index (κ3) is 3.14. The summed E-state index contributed by atoms with van der Waals surface area (Å²) in [7, 11) is 0. The van der Waals surface area contributed by atoms with Crippen LogP contribution in [0.15, 0.2) is 0 Å². The lowest BCUT2D eigenvalue weighted by molar-refractivity contribution is -0.133. The second kappa shape index (κ2) is 3.05. The quantitative estimate of drug-likeness (QED) is 0.611. The smallest absolute Gasteiger partial charge is 0.291 e. The van der Waals surface area contributed by atoms with E-state index in [0.29, 0.717) is 12.3 Å². The van der Waals surface area contributed by atoms with Crippen molar-refractivity contribution in [2.24, 2.45) is 5.92 Å². The molecule has 0 aliphatic heterocycles. The van der Waals surface area contributed by atoms with Crippen LogP contribution < -0.4 is 0 Å². The summed E-state index contributed by atoms with van der Waals surface area (Å²) in [6.07, 6.45) is 2.63. The molecule has 0 aromatic heterocycles. The number of rotatable bonds is 4. The molecular weight excluding hydrogens is 174 g/mol. The van der Waals surface area contributed by atoms with Gasteiger partial charge in [0.05, 0.1) is 0 Å². The fourth-order valence-electron chi connectivity index (χ4n) is 0.883. The van der Waals surface area contributed by atoms with Crippen molar-refractivity contribution in [1.82, 2.24) is 0 Å². The Labute approximate surface area is 68.7 Å². The lowest BCUT2D eigenvalue weighted by atomic mass is 10.1. The predicted molar refractivity (Wildman–Crippen MR) is 37.8 cm³/mol. The highest BCUT2D eigenvalue weighted by Gasteiger charge is 2.35. The molecule has 1 aliphatic rings. The SMILES string of the molecule is O=C(CCC1CC1)C(F)(F)Cl. The van der Waals surface area contributed by atoms with Crippen molar-refractivity contribution >= 4 is 17.4 Å². The molecule has 0 unspecified atom stereocenters. The summed E-state index contributed by atoms with van der Waals surface area (Å²) < 4.78 is 24.0. The van der Waals surface area contributed by atoms with Crippen molar-refractivity contribution in [3.05, 3.63) is 0 Å². The highest BCUT2D eigenvalue weighted by Crippen LogP contribution is 2.35. The second-order valence-electron chi connectivity index (χ2n) is 2.90. The van der Waals surface area contributed by atoms with Crippen LogP contribution >= 0.6 is 11.6 Å². The monoisotopic (exact) mass is 182 g/mol. The highest BCUT2D eigenvalue weighted by atomic mass is 35.5. The van der Waals surface area contributed by atoms with E-state index in [1.54, 1.807) is 0 Å². The van der Waals surface area contributed by atoms with Crippen LogP contribution in [0, 0.1) is 5.92 Å². The molecule has 0 atom stereocenters. The van der Waals surface area contributed by atoms with Crippen LogP contribution in [0.4, 0.5) is 8.78 Å². The molecule has 1 fully saturated rings. The van der Waals surface area contributed by atoms with Crippen LogP contribution in [-0.2, 0) is 4.79 Å². The Morgan fingerprint density at radius 2 is 2.09 bits per heavy atom. The van der Waals surface area contributed by atoms with Gasteiger partial charge < -0.3 is 0 Å². The van der Waals surface area contributed by atoms with Gasteiger partial charge in [0.15, 0.2) is 0 Å². The van der Waals surface area contributed by atoms with Gasteiger partial charge in [-0.3, -0.25) is 4.79 Å². The van der Waals surface area contributed by atoms with E-state index in [2.05, 4.69) is 11.6 Å². The zero-order chi connectivity index (χ0) is 8.48. The predicted octanol–water partition coefficient (Wildman–Crippen LogP) is 2.58. The van der Waals surface area contributed by atoms with Crippen molar-refractivity contribution in [3.8, 4) is 0 Å². The first-order valence-electron chi connectivity index (χ1n) is 3.60. The molecule has 64 valence electrons. The molecule has 4 heteroatoms. The minimum atomic E-state index is -3.64. The summed E-state index contributed by atoms with van der Waals surface area (Å²) >= 11 is 4.50. The first kappa shape index (κ1) is 8.91. The first-order chi connectivity index (χ1) is 5.00. The normalized spacial score (nSPS) is 18.5. The van der Waals surface area contributed by atoms with E-state index in [-0.39, 0.29) is 6.42 Å². The van der Waals surface area contributed by atoms with E-state index >= 15 is 0 Å². The van der Waals surface area contributed by atoms with Gasteiger partial charge in [0.2, 0.25) is 5.78 Å². The number of alkyl halides is 3. The van der Waals surface area contributed by atoms with Gasteiger partial charge >= 0.3 is 5.38 Å². The number of hydrogen-bond donors (Lipinski definition) is 0. The number of halogens is 3. The molecule has 1 aliphatic carbocycles. The van der Waals surface area contributed by atoms with Gasteiger partial charge in [-0.2, -0.15) is 8.78 Å². The number of carbonyl (C=O) groups is 1. The summed E-state index contributed by atoms with van der Waals surface area (Å²) in [4.78, 5) is 10.5. The molecule has 0 bridgehead atoms. The fraction of sp³-hybridized carbons (Fsp3) is 0.857. The van der Waals surface area contributed by atoms with Gasteiger partial charge in [-0.05, 0) is 23.9 Å². The summed E-state index contributed by atoms with van der Waals surface area (Å²) in [5.41, 5.74) is 0. The van der Waals surface area contributed by atoms with Crippen molar-refractivity contribution < 1.29 is 13.6 Å². The molecule has 0 aromatic rings. The minimum Gasteiger partial charge on any atom is -0.291 e. The van der Waals surface area contributed by atoms with Crippen LogP contribution in [-0.4, -0.2) is 11.2 Å². The molecule has 0 radical (unpaired) electrons. The van der Waals surface area contributed by atoms with E-state index < -0.39 is 11.2 Å². The van der Waals surface area contributed by atoms with Crippen LogP contribution in [0.1, 0.15) is 25.7 Å². The molecule has 0 N–H and O–H groups in total. The molecule has 1 rings (SSSR count). The Morgan fingerprint density at radius 3 is 2.45 bits per heavy atom. The molecule has 0 heterocycles. The number of hydrogen-bond acceptors (Lipinski definition) is 1. The van der Waals surface area contributed by atoms with E-state index in [1.165, 1.54) is 0 Å². The maximum atomic E-state index is 12.0. The topological polar surface area (TPSA) is 17.1 Å². The number of ketones is 1. The van der Waals surface area contributed by atoms with Gasteiger partial charge in [0.25, 0.3) is 0 Å². The van der Waals surface area contributed by atoms with E-state index in [4.69, 9.17) is 0 Å². The summed E-state index contributed by atoms with van der Waals surface area (Å²) in [5, 5.41) is -3.64. The van der Waals surface area contributed by atoms with Crippen LogP contribution in [0.2, 0.25) is 0 Å². The molecule has 11 heavy (non-hydrogen) atoms. The third-order valence-corrected chi connectivity index (χ3v) is 2.00. The molecule has 0 saturated heterocycles. The molecule has 0 amide bonds. The van der Waals surface area contributed by atoms with Gasteiger partial charge in [0.1, 0.15) is 0 Å². The first-order valence-corrected chi connectivity index (χ1v) is 3.98. The molecular formula is C7H9ClF2O. The minimum absolute atomic E-state index is 0.0822. The zero-order valence-corrected chi connectivity index (χ0v) is 6.70. The lowest BCUT2D eigenvalue weighted by Gasteiger charge is -2.04. The maximum Gasteiger partial charge on any atom is 0.380 e. The Balaban J connectivity index is 2.19. The van der Waals surface area contributed by atoms with Crippen molar-refractivity contribution in [1.29, 1.82) is 0 Å².